The van der Waals surface area contributed by atoms with Gasteiger partial charge < -0.3 is 10.2 Å². The van der Waals surface area contributed by atoms with Crippen molar-refractivity contribution in [1.29, 1.82) is 0 Å². The average molecular weight is 484 g/mol. The van der Waals surface area contributed by atoms with Crippen LogP contribution in [0.5, 0.6) is 0 Å². The van der Waals surface area contributed by atoms with E-state index in [2.05, 4.69) is 44.5 Å². The number of fused-ring (bicyclic) bond motifs is 1. The van der Waals surface area contributed by atoms with E-state index < -0.39 is 0 Å². The van der Waals surface area contributed by atoms with Gasteiger partial charge in [0.05, 0.1) is 17.3 Å². The number of carbonyl (C=O) groups is 1. The molecule has 5 rings (SSSR count). The Kier molecular flexibility index (Phi) is 6.95. The van der Waals surface area contributed by atoms with E-state index in [0.717, 1.165) is 38.4 Å². The van der Waals surface area contributed by atoms with Crippen LogP contribution in [0.2, 0.25) is 0 Å². The highest BCUT2D eigenvalue weighted by Crippen LogP contribution is 2.20. The van der Waals surface area contributed by atoms with Crippen molar-refractivity contribution in [2.75, 3.05) is 36.4 Å². The number of aromatic amines is 1. The van der Waals surface area contributed by atoms with Crippen LogP contribution in [0.25, 0.3) is 10.8 Å². The van der Waals surface area contributed by atoms with Crippen molar-refractivity contribution in [2.24, 2.45) is 0 Å². The fourth-order valence-corrected chi connectivity index (χ4v) is 4.60. The monoisotopic (exact) mass is 483 g/mol. The molecule has 0 bridgehead atoms. The number of nitrogens with zero attached hydrogens (tertiary/aromatic N) is 3. The van der Waals surface area contributed by atoms with E-state index in [-0.39, 0.29) is 30.0 Å². The predicted molar refractivity (Wildman–Crippen MR) is 142 cm³/mol. The van der Waals surface area contributed by atoms with Crippen LogP contribution in [0, 0.1) is 0 Å². The van der Waals surface area contributed by atoms with E-state index in [1.54, 1.807) is 24.3 Å². The third kappa shape index (κ3) is 5.39. The number of hydrogen-bond acceptors (Lipinski definition) is 5. The average Bonchev–Trinajstić information content (AvgIpc) is 2.91. The first-order chi connectivity index (χ1) is 17.6. The lowest BCUT2D eigenvalue weighted by Crippen LogP contribution is -2.45. The van der Waals surface area contributed by atoms with Crippen molar-refractivity contribution >= 4 is 28.1 Å². The zero-order chi connectivity index (χ0) is 24.9. The summed E-state index contributed by atoms with van der Waals surface area (Å²) in [7, 11) is 0. The molecule has 1 fully saturated rings. The highest BCUT2D eigenvalue weighted by molar-refractivity contribution is 5.90. The van der Waals surface area contributed by atoms with Crippen LogP contribution in [0.15, 0.2) is 88.5 Å². The Morgan fingerprint density at radius 2 is 1.47 bits per heavy atom. The molecule has 1 saturated heterocycles. The second-order valence-corrected chi connectivity index (χ2v) is 9.04. The van der Waals surface area contributed by atoms with Gasteiger partial charge >= 0.3 is 0 Å². The Balaban J connectivity index is 1.13. The number of anilines is 2. The van der Waals surface area contributed by atoms with Gasteiger partial charge in [0.15, 0.2) is 0 Å². The van der Waals surface area contributed by atoms with Gasteiger partial charge in [0.1, 0.15) is 0 Å². The van der Waals surface area contributed by atoms with Gasteiger partial charge in [-0.05, 0) is 42.0 Å². The SMILES string of the molecule is O=C(CCn1[nH]c(=O)c2ccccc2c1=O)Nc1ccc(N2CCN(Cc3ccccc3)CC2)cc1. The van der Waals surface area contributed by atoms with Crippen molar-refractivity contribution in [3.63, 3.8) is 0 Å². The minimum absolute atomic E-state index is 0.0688. The van der Waals surface area contributed by atoms with Gasteiger partial charge in [0, 0.05) is 50.5 Å². The molecular formula is C28H29N5O3. The van der Waals surface area contributed by atoms with Crippen LogP contribution in [-0.2, 0) is 17.9 Å². The number of carbonyl (C=O) groups excluding carboxylic acids is 1. The lowest BCUT2D eigenvalue weighted by atomic mass is 10.2. The van der Waals surface area contributed by atoms with E-state index in [9.17, 15) is 14.4 Å². The predicted octanol–water partition coefficient (Wildman–Crippen LogP) is 3.04. The first-order valence-corrected chi connectivity index (χ1v) is 12.2. The second kappa shape index (κ2) is 10.6. The normalized spacial score (nSPS) is 14.2. The molecule has 184 valence electrons. The minimum Gasteiger partial charge on any atom is -0.369 e. The molecule has 1 aliphatic rings. The maximum absolute atomic E-state index is 12.6. The summed E-state index contributed by atoms with van der Waals surface area (Å²) in [4.78, 5) is 42.1. The summed E-state index contributed by atoms with van der Waals surface area (Å²) in [5.41, 5.74) is 2.51. The molecule has 1 aromatic heterocycles. The second-order valence-electron chi connectivity index (χ2n) is 9.04. The number of piperazine rings is 1. The van der Waals surface area contributed by atoms with Crippen molar-refractivity contribution in [3.05, 3.63) is 105 Å². The third-order valence-electron chi connectivity index (χ3n) is 6.58. The summed E-state index contributed by atoms with van der Waals surface area (Å²) < 4.78 is 1.20. The zero-order valence-corrected chi connectivity index (χ0v) is 20.0. The summed E-state index contributed by atoms with van der Waals surface area (Å²) in [5.74, 6) is -0.224. The van der Waals surface area contributed by atoms with Gasteiger partial charge in [-0.15, -0.1) is 0 Å². The Labute approximate surface area is 208 Å². The molecule has 0 saturated carbocycles. The number of H-pyrrole nitrogens is 1. The Hall–Kier alpha value is -4.17. The van der Waals surface area contributed by atoms with Gasteiger partial charge in [-0.25, -0.2) is 4.68 Å². The van der Waals surface area contributed by atoms with Gasteiger partial charge in [0.25, 0.3) is 11.1 Å². The zero-order valence-electron chi connectivity index (χ0n) is 20.0. The van der Waals surface area contributed by atoms with Gasteiger partial charge in [-0.1, -0.05) is 42.5 Å². The van der Waals surface area contributed by atoms with Crippen molar-refractivity contribution in [1.82, 2.24) is 14.7 Å². The van der Waals surface area contributed by atoms with Gasteiger partial charge in [-0.3, -0.25) is 24.4 Å². The number of hydrogen-bond donors (Lipinski definition) is 2. The number of rotatable bonds is 7. The largest absolute Gasteiger partial charge is 0.369 e. The van der Waals surface area contributed by atoms with Gasteiger partial charge in [-0.2, -0.15) is 0 Å². The fourth-order valence-electron chi connectivity index (χ4n) is 4.60. The van der Waals surface area contributed by atoms with E-state index in [1.165, 1.54) is 10.2 Å². The van der Waals surface area contributed by atoms with Crippen molar-refractivity contribution in [3.8, 4) is 0 Å². The number of amides is 1. The summed E-state index contributed by atoms with van der Waals surface area (Å²) >= 11 is 0. The lowest BCUT2D eigenvalue weighted by Gasteiger charge is -2.36. The molecule has 4 aromatic rings. The summed E-state index contributed by atoms with van der Waals surface area (Å²) in [5, 5.41) is 6.13. The lowest BCUT2D eigenvalue weighted by molar-refractivity contribution is -0.116. The molecule has 1 amide bonds. The van der Waals surface area contributed by atoms with E-state index in [1.807, 2.05) is 30.3 Å². The molecule has 36 heavy (non-hydrogen) atoms. The first kappa shape index (κ1) is 23.6. The molecule has 0 aliphatic carbocycles. The van der Waals surface area contributed by atoms with E-state index >= 15 is 0 Å². The third-order valence-corrected chi connectivity index (χ3v) is 6.58. The quantitative estimate of drug-likeness (QED) is 0.422. The number of nitrogens with one attached hydrogen (secondary N) is 2. The van der Waals surface area contributed by atoms with Gasteiger partial charge in [0.2, 0.25) is 5.91 Å². The smallest absolute Gasteiger partial charge is 0.273 e. The molecule has 8 heteroatoms. The molecular weight excluding hydrogens is 454 g/mol. The van der Waals surface area contributed by atoms with Crippen molar-refractivity contribution < 1.29 is 4.79 Å². The number of benzene rings is 3. The molecule has 0 spiro atoms. The molecule has 3 aromatic carbocycles. The van der Waals surface area contributed by atoms with Crippen LogP contribution in [-0.4, -0.2) is 46.8 Å². The van der Waals surface area contributed by atoms with Crippen LogP contribution >= 0.6 is 0 Å². The molecule has 0 unspecified atom stereocenters. The fraction of sp³-hybridized carbons (Fsp3) is 0.250. The molecule has 8 nitrogen and oxygen atoms in total. The summed E-state index contributed by atoms with van der Waals surface area (Å²) in [6.45, 7) is 4.98. The molecule has 0 radical (unpaired) electrons. The Morgan fingerprint density at radius 3 is 2.19 bits per heavy atom. The highest BCUT2D eigenvalue weighted by Gasteiger charge is 2.17. The maximum atomic E-state index is 12.6. The summed E-state index contributed by atoms with van der Waals surface area (Å²) in [6.07, 6.45) is 0.0688. The van der Waals surface area contributed by atoms with E-state index in [0.29, 0.717) is 16.5 Å². The molecule has 2 N–H and O–H groups in total. The Bertz CT molecular complexity index is 1450. The molecule has 0 atom stereocenters. The molecule has 2 heterocycles. The standard InChI is InChI=1S/C28H29N5O3/c34-26(14-15-33-28(36)25-9-5-4-8-24(25)27(35)30-33)29-22-10-12-23(13-11-22)32-18-16-31(17-19-32)20-21-6-2-1-3-7-21/h1-13H,14-20H2,(H,29,34)(H,30,35). The maximum Gasteiger partial charge on any atom is 0.273 e. The van der Waals surface area contributed by atoms with Crippen LogP contribution in [0.4, 0.5) is 11.4 Å². The highest BCUT2D eigenvalue weighted by atomic mass is 16.2. The number of aromatic nitrogens is 2. The minimum atomic E-state index is -0.345. The molecule has 1 aliphatic heterocycles. The van der Waals surface area contributed by atoms with Crippen molar-refractivity contribution in [2.45, 2.75) is 19.5 Å². The number of aryl methyl sites for hydroxylation is 1. The first-order valence-electron chi connectivity index (χ1n) is 12.2. The Morgan fingerprint density at radius 1 is 0.806 bits per heavy atom. The summed E-state index contributed by atoms with van der Waals surface area (Å²) in [6, 6.07) is 25.0. The van der Waals surface area contributed by atoms with Crippen LogP contribution in [0.3, 0.4) is 0 Å². The topological polar surface area (TPSA) is 90.4 Å². The van der Waals surface area contributed by atoms with E-state index in [4.69, 9.17) is 0 Å². The van der Waals surface area contributed by atoms with Crippen LogP contribution < -0.4 is 21.3 Å². The van der Waals surface area contributed by atoms with Crippen LogP contribution in [0.1, 0.15) is 12.0 Å².